The lowest BCUT2D eigenvalue weighted by Gasteiger charge is -2.44. The Labute approximate surface area is 353 Å². The van der Waals surface area contributed by atoms with Crippen LogP contribution in [0.2, 0.25) is 0 Å². The summed E-state index contributed by atoms with van der Waals surface area (Å²) in [6, 6.07) is 5.81. The first-order valence-corrected chi connectivity index (χ1v) is 19.5. The van der Waals surface area contributed by atoms with Crippen molar-refractivity contribution >= 4 is 47.6 Å². The van der Waals surface area contributed by atoms with E-state index in [4.69, 9.17) is 33.2 Å². The lowest BCUT2D eigenvalue weighted by Crippen LogP contribution is -2.59. The highest BCUT2D eigenvalue weighted by Crippen LogP contribution is 2.54. The van der Waals surface area contributed by atoms with Gasteiger partial charge in [-0.2, -0.15) is 0 Å². The third kappa shape index (κ3) is 10.7. The standard InChI is InChI=1S/C44H52N2O15/c1-23(2)39(52)58-33-25(4)34(55-26(5)47)35(56-27(6)48)38(59-40(53)30-14-12-18-45-20-30)42(9,10)17-16-24(3)36(51)44(60-29(8)50)22-43(11,37(32(33)44)57-28(7)49)61-41(54)31-15-13-19-46-21-31/h12-21,23-24,32-35,37-38H,4,22H2,1-3,5-11H3/b17-16+/t24-,32-,33-,34+,35+,37+,38+,43+,44+/m0/s1. The number of Topliss-reactive ketones (excluding diaryl/α,β-unsaturated/α-hetero) is 1. The van der Waals surface area contributed by atoms with Crippen LogP contribution in [0, 0.1) is 23.2 Å². The van der Waals surface area contributed by atoms with Gasteiger partial charge in [0, 0.05) is 75.8 Å². The summed E-state index contributed by atoms with van der Waals surface area (Å²) in [5.41, 5.74) is -6.31. The van der Waals surface area contributed by atoms with Gasteiger partial charge < -0.3 is 33.2 Å². The number of aromatic nitrogens is 2. The number of rotatable bonds is 10. The lowest BCUT2D eigenvalue weighted by atomic mass is 9.72. The number of ether oxygens (including phenoxy) is 7. The number of esters is 7. The topological polar surface area (TPSA) is 227 Å². The summed E-state index contributed by atoms with van der Waals surface area (Å²) in [6.07, 6.45) is -1.32. The molecule has 17 heteroatoms. The Kier molecular flexibility index (Phi) is 14.8. The SMILES string of the molecule is C=C1[C@@H](OC(C)=O)[C@@H](OC(C)=O)[C@@H](OC(=O)c2cccnc2)C(C)(C)/C=C/[C@H](C)C(=O)[C@@]2(OC(C)=O)C[C@@](C)(OC(=O)c3cccnc3)[C@H](OC(C)=O)[C@@H]2[C@H]1OC(=O)C(C)C. The highest BCUT2D eigenvalue weighted by Gasteiger charge is 2.72. The van der Waals surface area contributed by atoms with Crippen molar-refractivity contribution in [3.63, 3.8) is 0 Å². The predicted molar refractivity (Wildman–Crippen MR) is 212 cm³/mol. The Bertz CT molecular complexity index is 2070. The molecule has 2 aliphatic rings. The largest absolute Gasteiger partial charge is 0.458 e. The fourth-order valence-corrected chi connectivity index (χ4v) is 7.73. The number of pyridine rings is 2. The highest BCUT2D eigenvalue weighted by molar-refractivity contribution is 5.95. The maximum absolute atomic E-state index is 15.3. The molecule has 4 rings (SSSR count). The molecule has 0 radical (unpaired) electrons. The highest BCUT2D eigenvalue weighted by atomic mass is 16.6. The summed E-state index contributed by atoms with van der Waals surface area (Å²) < 4.78 is 42.2. The van der Waals surface area contributed by atoms with E-state index in [2.05, 4.69) is 16.5 Å². The van der Waals surface area contributed by atoms with Crippen LogP contribution in [0.5, 0.6) is 0 Å². The summed E-state index contributed by atoms with van der Waals surface area (Å²) in [5, 5.41) is 0. The van der Waals surface area contributed by atoms with Gasteiger partial charge in [0.05, 0.1) is 23.0 Å². The van der Waals surface area contributed by atoms with Gasteiger partial charge in [-0.05, 0) is 31.2 Å². The minimum Gasteiger partial charge on any atom is -0.458 e. The van der Waals surface area contributed by atoms with Gasteiger partial charge in [0.2, 0.25) is 0 Å². The van der Waals surface area contributed by atoms with Gasteiger partial charge in [-0.25, -0.2) is 9.59 Å². The monoisotopic (exact) mass is 848 g/mol. The molecule has 2 aliphatic carbocycles. The first-order chi connectivity index (χ1) is 28.4. The molecular weight excluding hydrogens is 796 g/mol. The van der Waals surface area contributed by atoms with Crippen LogP contribution >= 0.6 is 0 Å². The number of ketones is 1. The maximum atomic E-state index is 15.3. The van der Waals surface area contributed by atoms with E-state index in [1.54, 1.807) is 13.8 Å². The molecule has 0 aromatic carbocycles. The van der Waals surface area contributed by atoms with Crippen LogP contribution in [0.15, 0.2) is 73.4 Å². The number of allylic oxidation sites excluding steroid dienone is 1. The van der Waals surface area contributed by atoms with Crippen molar-refractivity contribution in [3.05, 3.63) is 84.5 Å². The first kappa shape index (κ1) is 47.4. The summed E-state index contributed by atoms with van der Waals surface area (Å²) >= 11 is 0. The zero-order chi connectivity index (χ0) is 45.6. The summed E-state index contributed by atoms with van der Waals surface area (Å²) in [6.45, 7) is 17.4. The Morgan fingerprint density at radius 1 is 0.721 bits per heavy atom. The van der Waals surface area contributed by atoms with Crippen molar-refractivity contribution in [1.29, 1.82) is 0 Å². The Morgan fingerprint density at radius 3 is 1.77 bits per heavy atom. The van der Waals surface area contributed by atoms with Crippen LogP contribution in [-0.2, 0) is 61.9 Å². The maximum Gasteiger partial charge on any atom is 0.340 e. The van der Waals surface area contributed by atoms with E-state index in [1.807, 2.05) is 0 Å². The summed E-state index contributed by atoms with van der Waals surface area (Å²) in [7, 11) is 0. The molecule has 2 heterocycles. The second kappa shape index (κ2) is 19.0. The van der Waals surface area contributed by atoms with Crippen LogP contribution in [0.1, 0.15) is 96.4 Å². The van der Waals surface area contributed by atoms with Crippen LogP contribution in [-0.4, -0.2) is 99.3 Å². The van der Waals surface area contributed by atoms with Crippen LogP contribution in [0.3, 0.4) is 0 Å². The normalized spacial score (nSPS) is 29.0. The number of carbonyl (C=O) groups excluding carboxylic acids is 8. The molecule has 328 valence electrons. The van der Waals surface area contributed by atoms with Crippen molar-refractivity contribution in [2.75, 3.05) is 0 Å². The van der Waals surface area contributed by atoms with E-state index in [9.17, 15) is 33.6 Å². The average molecular weight is 849 g/mol. The molecule has 0 amide bonds. The van der Waals surface area contributed by atoms with Gasteiger partial charge in [-0.3, -0.25) is 38.7 Å². The minimum atomic E-state index is -2.46. The van der Waals surface area contributed by atoms with E-state index in [0.29, 0.717) is 0 Å². The Balaban J connectivity index is 2.15. The van der Waals surface area contributed by atoms with Gasteiger partial charge in [0.1, 0.15) is 6.10 Å². The van der Waals surface area contributed by atoms with Crippen LogP contribution in [0.4, 0.5) is 0 Å². The van der Waals surface area contributed by atoms with E-state index < -0.39 is 119 Å². The molecule has 9 atom stereocenters. The molecule has 0 spiro atoms. The molecule has 0 aliphatic heterocycles. The zero-order valence-electron chi connectivity index (χ0n) is 35.8. The summed E-state index contributed by atoms with van der Waals surface area (Å²) in [4.78, 5) is 117. The van der Waals surface area contributed by atoms with Crippen molar-refractivity contribution in [1.82, 2.24) is 9.97 Å². The third-order valence-electron chi connectivity index (χ3n) is 10.4. The number of nitrogens with zero attached hydrogens (tertiary/aromatic N) is 2. The van der Waals surface area contributed by atoms with E-state index in [1.165, 1.54) is 88.9 Å². The molecule has 2 aromatic heterocycles. The van der Waals surface area contributed by atoms with Gasteiger partial charge >= 0.3 is 41.8 Å². The molecule has 1 saturated carbocycles. The van der Waals surface area contributed by atoms with Gasteiger partial charge in [-0.15, -0.1) is 0 Å². The van der Waals surface area contributed by atoms with Crippen molar-refractivity contribution in [3.8, 4) is 0 Å². The first-order valence-electron chi connectivity index (χ1n) is 19.5. The second-order valence-corrected chi connectivity index (χ2v) is 16.3. The molecule has 0 N–H and O–H groups in total. The lowest BCUT2D eigenvalue weighted by molar-refractivity contribution is -0.192. The number of fused-ring (bicyclic) bond motifs is 1. The third-order valence-corrected chi connectivity index (χ3v) is 10.4. The molecule has 0 unspecified atom stereocenters. The molecule has 61 heavy (non-hydrogen) atoms. The minimum absolute atomic E-state index is 0.00609. The van der Waals surface area contributed by atoms with E-state index in [0.717, 1.165) is 27.7 Å². The zero-order valence-corrected chi connectivity index (χ0v) is 35.8. The van der Waals surface area contributed by atoms with Crippen molar-refractivity contribution < 1.29 is 71.5 Å². The quantitative estimate of drug-likeness (QED) is 0.180. The van der Waals surface area contributed by atoms with Crippen LogP contribution in [0.25, 0.3) is 0 Å². The predicted octanol–water partition coefficient (Wildman–Crippen LogP) is 4.66. The Morgan fingerprint density at radius 2 is 1.28 bits per heavy atom. The van der Waals surface area contributed by atoms with Gasteiger partial charge in [0.25, 0.3) is 0 Å². The van der Waals surface area contributed by atoms with Crippen molar-refractivity contribution in [2.45, 2.75) is 117 Å². The van der Waals surface area contributed by atoms with Gasteiger partial charge in [0.15, 0.2) is 41.4 Å². The number of hydrogen-bond donors (Lipinski definition) is 0. The smallest absolute Gasteiger partial charge is 0.340 e. The fourth-order valence-electron chi connectivity index (χ4n) is 7.73. The van der Waals surface area contributed by atoms with Gasteiger partial charge in [-0.1, -0.05) is 53.3 Å². The molecule has 17 nitrogen and oxygen atoms in total. The van der Waals surface area contributed by atoms with Crippen molar-refractivity contribution in [2.24, 2.45) is 23.2 Å². The number of hydrogen-bond acceptors (Lipinski definition) is 17. The number of carbonyl (C=O) groups is 8. The second-order valence-electron chi connectivity index (χ2n) is 16.3. The molecule has 0 saturated heterocycles. The van der Waals surface area contributed by atoms with E-state index >= 15 is 4.79 Å². The fraction of sp³-hybridized carbons (Fsp3) is 0.500. The van der Waals surface area contributed by atoms with Crippen LogP contribution < -0.4 is 0 Å². The molecule has 1 fully saturated rings. The molecular formula is C44H52N2O15. The summed E-state index contributed by atoms with van der Waals surface area (Å²) in [5.74, 6) is -11.3. The molecule has 2 aromatic rings. The average Bonchev–Trinajstić information content (AvgIpc) is 3.41. The molecule has 0 bridgehead atoms. The van der Waals surface area contributed by atoms with E-state index in [-0.39, 0.29) is 16.7 Å². The Hall–Kier alpha value is -6.26.